The van der Waals surface area contributed by atoms with Gasteiger partial charge in [0.05, 0.1) is 18.1 Å². The topological polar surface area (TPSA) is 92.7 Å². The number of sulfone groups is 1. The van der Waals surface area contributed by atoms with E-state index in [2.05, 4.69) is 5.32 Å². The summed E-state index contributed by atoms with van der Waals surface area (Å²) in [6, 6.07) is 9.16. The SMILES string of the molecule is O=C(NCC1(O)CS(=O)(=O)C1)OCc1ccccc1. The van der Waals surface area contributed by atoms with Crippen LogP contribution in [0.3, 0.4) is 0 Å². The molecule has 0 bridgehead atoms. The molecule has 1 heterocycles. The molecule has 0 spiro atoms. The summed E-state index contributed by atoms with van der Waals surface area (Å²) in [7, 11) is -3.13. The molecule has 1 aliphatic heterocycles. The molecule has 19 heavy (non-hydrogen) atoms. The van der Waals surface area contributed by atoms with Gasteiger partial charge in [0.2, 0.25) is 0 Å². The maximum Gasteiger partial charge on any atom is 0.407 e. The summed E-state index contributed by atoms with van der Waals surface area (Å²) in [5.41, 5.74) is -0.507. The van der Waals surface area contributed by atoms with Crippen LogP contribution >= 0.6 is 0 Å². The molecule has 1 aromatic carbocycles. The van der Waals surface area contributed by atoms with Crippen molar-refractivity contribution >= 4 is 15.9 Å². The Morgan fingerprint density at radius 2 is 1.95 bits per heavy atom. The van der Waals surface area contributed by atoms with E-state index in [0.29, 0.717) is 0 Å². The van der Waals surface area contributed by atoms with E-state index < -0.39 is 21.5 Å². The first-order valence-corrected chi connectivity index (χ1v) is 7.58. The second kappa shape index (κ2) is 5.18. The van der Waals surface area contributed by atoms with Gasteiger partial charge in [-0.15, -0.1) is 0 Å². The summed E-state index contributed by atoms with van der Waals surface area (Å²) in [6.07, 6.45) is -0.679. The van der Waals surface area contributed by atoms with Crippen LogP contribution in [-0.2, 0) is 21.2 Å². The Balaban J connectivity index is 1.71. The molecule has 0 unspecified atom stereocenters. The highest BCUT2D eigenvalue weighted by molar-refractivity contribution is 7.93. The van der Waals surface area contributed by atoms with Gasteiger partial charge in [-0.25, -0.2) is 13.2 Å². The third-order valence-corrected chi connectivity index (χ3v) is 4.71. The molecule has 1 amide bonds. The van der Waals surface area contributed by atoms with Gasteiger partial charge in [-0.1, -0.05) is 30.3 Å². The van der Waals surface area contributed by atoms with Crippen molar-refractivity contribution in [3.8, 4) is 0 Å². The number of ether oxygens (including phenoxy) is 1. The van der Waals surface area contributed by atoms with E-state index in [4.69, 9.17) is 4.74 Å². The highest BCUT2D eigenvalue weighted by Crippen LogP contribution is 2.22. The van der Waals surface area contributed by atoms with E-state index in [0.717, 1.165) is 5.56 Å². The van der Waals surface area contributed by atoms with E-state index in [-0.39, 0.29) is 24.7 Å². The number of benzene rings is 1. The highest BCUT2D eigenvalue weighted by Gasteiger charge is 2.47. The number of rotatable bonds is 4. The van der Waals surface area contributed by atoms with E-state index in [1.165, 1.54) is 0 Å². The Morgan fingerprint density at radius 1 is 1.32 bits per heavy atom. The molecule has 1 aliphatic rings. The van der Waals surface area contributed by atoms with Crippen molar-refractivity contribution in [1.82, 2.24) is 5.32 Å². The normalized spacial score (nSPS) is 19.2. The van der Waals surface area contributed by atoms with Gasteiger partial charge in [0, 0.05) is 0 Å². The summed E-state index contributed by atoms with van der Waals surface area (Å²) >= 11 is 0. The van der Waals surface area contributed by atoms with Gasteiger partial charge >= 0.3 is 6.09 Å². The van der Waals surface area contributed by atoms with E-state index in [1.807, 2.05) is 30.3 Å². The number of aliphatic hydroxyl groups is 1. The quantitative estimate of drug-likeness (QED) is 0.817. The van der Waals surface area contributed by atoms with Crippen molar-refractivity contribution in [2.24, 2.45) is 0 Å². The van der Waals surface area contributed by atoms with Crippen molar-refractivity contribution in [3.63, 3.8) is 0 Å². The van der Waals surface area contributed by atoms with Crippen LogP contribution in [0, 0.1) is 0 Å². The van der Waals surface area contributed by atoms with Gasteiger partial charge in [0.15, 0.2) is 9.84 Å². The first-order chi connectivity index (χ1) is 8.89. The Labute approximate surface area is 111 Å². The molecule has 7 heteroatoms. The Bertz CT molecular complexity index is 543. The fraction of sp³-hybridized carbons (Fsp3) is 0.417. The Kier molecular flexibility index (Phi) is 3.77. The average molecular weight is 285 g/mol. The van der Waals surface area contributed by atoms with Crippen LogP contribution in [-0.4, -0.2) is 43.3 Å². The molecule has 2 N–H and O–H groups in total. The standard InChI is InChI=1S/C12H15NO5S/c14-11(18-6-10-4-2-1-3-5-10)13-7-12(15)8-19(16,17)9-12/h1-5,15H,6-9H2,(H,13,14). The molecule has 0 radical (unpaired) electrons. The van der Waals surface area contributed by atoms with Crippen molar-refractivity contribution in [2.75, 3.05) is 18.1 Å². The number of carbonyl (C=O) groups is 1. The van der Waals surface area contributed by atoms with Gasteiger partial charge in [-0.2, -0.15) is 0 Å². The molecular weight excluding hydrogens is 270 g/mol. The molecule has 1 fully saturated rings. The highest BCUT2D eigenvalue weighted by atomic mass is 32.2. The second-order valence-corrected chi connectivity index (χ2v) is 6.74. The van der Waals surface area contributed by atoms with Gasteiger partial charge in [0.1, 0.15) is 12.2 Å². The van der Waals surface area contributed by atoms with Crippen LogP contribution in [0.2, 0.25) is 0 Å². The van der Waals surface area contributed by atoms with Crippen molar-refractivity contribution in [1.29, 1.82) is 0 Å². The molecule has 6 nitrogen and oxygen atoms in total. The first kappa shape index (κ1) is 13.8. The van der Waals surface area contributed by atoms with Crippen LogP contribution in [0.1, 0.15) is 5.56 Å². The number of hydrogen-bond donors (Lipinski definition) is 2. The molecule has 2 rings (SSSR count). The summed E-state index contributed by atoms with van der Waals surface area (Å²) in [5, 5.41) is 12.1. The maximum absolute atomic E-state index is 11.4. The van der Waals surface area contributed by atoms with Crippen LogP contribution in [0.4, 0.5) is 4.79 Å². The zero-order chi connectivity index (χ0) is 13.9. The number of nitrogens with one attached hydrogen (secondary N) is 1. The summed E-state index contributed by atoms with van der Waals surface area (Å²) < 4.78 is 26.8. The maximum atomic E-state index is 11.4. The predicted octanol–water partition coefficient (Wildman–Crippen LogP) is 0.0723. The Hall–Kier alpha value is -1.60. The third-order valence-electron chi connectivity index (χ3n) is 2.75. The number of hydrogen-bond acceptors (Lipinski definition) is 5. The van der Waals surface area contributed by atoms with Crippen molar-refractivity contribution < 1.29 is 23.1 Å². The fourth-order valence-electron chi connectivity index (χ4n) is 1.89. The van der Waals surface area contributed by atoms with Crippen LogP contribution in [0.15, 0.2) is 30.3 Å². The van der Waals surface area contributed by atoms with Gasteiger partial charge in [-0.05, 0) is 5.56 Å². The number of alkyl carbamates (subject to hydrolysis) is 1. The lowest BCUT2D eigenvalue weighted by Crippen LogP contribution is -2.60. The van der Waals surface area contributed by atoms with Gasteiger partial charge in [-0.3, -0.25) is 0 Å². The minimum atomic E-state index is -3.13. The molecule has 1 saturated heterocycles. The van der Waals surface area contributed by atoms with E-state index >= 15 is 0 Å². The zero-order valence-corrected chi connectivity index (χ0v) is 11.0. The smallest absolute Gasteiger partial charge is 0.407 e. The molecule has 0 saturated carbocycles. The predicted molar refractivity (Wildman–Crippen MR) is 68.2 cm³/mol. The Morgan fingerprint density at radius 3 is 2.53 bits per heavy atom. The first-order valence-electron chi connectivity index (χ1n) is 5.76. The lowest BCUT2D eigenvalue weighted by atomic mass is 10.1. The minimum Gasteiger partial charge on any atom is -0.445 e. The average Bonchev–Trinajstić information content (AvgIpc) is 2.33. The van der Waals surface area contributed by atoms with E-state index in [9.17, 15) is 18.3 Å². The summed E-state index contributed by atoms with van der Waals surface area (Å²) in [4.78, 5) is 11.4. The fourth-order valence-corrected chi connectivity index (χ4v) is 3.65. The van der Waals surface area contributed by atoms with Crippen LogP contribution < -0.4 is 5.32 Å². The van der Waals surface area contributed by atoms with E-state index in [1.54, 1.807) is 0 Å². The summed E-state index contributed by atoms with van der Waals surface area (Å²) in [5.74, 6) is -0.641. The monoisotopic (exact) mass is 285 g/mol. The molecule has 0 atom stereocenters. The largest absolute Gasteiger partial charge is 0.445 e. The number of amides is 1. The lowest BCUT2D eigenvalue weighted by Gasteiger charge is -2.35. The molecule has 1 aromatic rings. The number of carbonyl (C=O) groups excluding carboxylic acids is 1. The van der Waals surface area contributed by atoms with Gasteiger partial charge < -0.3 is 15.2 Å². The zero-order valence-electron chi connectivity index (χ0n) is 10.2. The van der Waals surface area contributed by atoms with Crippen molar-refractivity contribution in [2.45, 2.75) is 12.2 Å². The molecule has 0 aromatic heterocycles. The molecular formula is C12H15NO5S. The minimum absolute atomic E-state index is 0.125. The van der Waals surface area contributed by atoms with Crippen LogP contribution in [0.25, 0.3) is 0 Å². The lowest BCUT2D eigenvalue weighted by molar-refractivity contribution is 0.0654. The second-order valence-electron chi connectivity index (χ2n) is 4.67. The van der Waals surface area contributed by atoms with Crippen LogP contribution in [0.5, 0.6) is 0 Å². The van der Waals surface area contributed by atoms with Gasteiger partial charge in [0.25, 0.3) is 0 Å². The molecule has 104 valence electrons. The summed E-state index contributed by atoms with van der Waals surface area (Å²) in [6.45, 7) is 0.00323. The third kappa shape index (κ3) is 3.93. The molecule has 0 aliphatic carbocycles. The van der Waals surface area contributed by atoms with Crippen molar-refractivity contribution in [3.05, 3.63) is 35.9 Å².